The topological polar surface area (TPSA) is 23.5 Å². The molecule has 1 N–H and O–H groups in total. The zero-order valence-corrected chi connectivity index (χ0v) is 11.0. The molecule has 1 aliphatic heterocycles. The molecule has 2 rings (SSSR count). The molecule has 1 aromatic rings. The van der Waals surface area contributed by atoms with E-state index in [1.165, 1.54) is 6.07 Å². The largest absolute Gasteiger partial charge is 0.416 e. The van der Waals surface area contributed by atoms with Crippen LogP contribution in [-0.4, -0.2) is 24.3 Å². The molecule has 1 aromatic carbocycles. The molecule has 1 heterocycles. The molecular weight excluding hydrogens is 279 g/mol. The van der Waals surface area contributed by atoms with E-state index in [9.17, 15) is 18.3 Å². The number of alkyl halides is 4. The van der Waals surface area contributed by atoms with Gasteiger partial charge >= 0.3 is 6.18 Å². The number of aliphatic hydroxyl groups excluding tert-OH is 1. The third-order valence-electron chi connectivity index (χ3n) is 3.36. The Balaban J connectivity index is 2.31. The van der Waals surface area contributed by atoms with Crippen molar-refractivity contribution in [2.45, 2.75) is 31.0 Å². The number of hydrogen-bond donors (Lipinski definition) is 1. The molecule has 0 aliphatic carbocycles. The lowest BCUT2D eigenvalue weighted by molar-refractivity contribution is -0.137. The van der Waals surface area contributed by atoms with Crippen molar-refractivity contribution in [2.24, 2.45) is 0 Å². The summed E-state index contributed by atoms with van der Waals surface area (Å²) in [5.74, 6) is 0.173. The summed E-state index contributed by atoms with van der Waals surface area (Å²) in [7, 11) is 0. The molecule has 0 saturated carbocycles. The van der Waals surface area contributed by atoms with Crippen molar-refractivity contribution in [1.82, 2.24) is 0 Å². The van der Waals surface area contributed by atoms with E-state index in [1.807, 2.05) is 4.90 Å². The summed E-state index contributed by atoms with van der Waals surface area (Å²) in [4.78, 5) is 1.86. The molecule has 106 valence electrons. The highest BCUT2D eigenvalue weighted by atomic mass is 35.5. The first-order valence-electron chi connectivity index (χ1n) is 6.11. The van der Waals surface area contributed by atoms with E-state index in [-0.39, 0.29) is 12.0 Å². The van der Waals surface area contributed by atoms with Gasteiger partial charge in [-0.25, -0.2) is 0 Å². The van der Waals surface area contributed by atoms with Crippen molar-refractivity contribution in [2.75, 3.05) is 18.0 Å². The fourth-order valence-electron chi connectivity index (χ4n) is 2.25. The molecule has 2 nitrogen and oxygen atoms in total. The summed E-state index contributed by atoms with van der Waals surface area (Å²) >= 11 is 5.79. The van der Waals surface area contributed by atoms with E-state index in [4.69, 9.17) is 11.6 Å². The van der Waals surface area contributed by atoms with E-state index >= 15 is 0 Å². The Bertz CT molecular complexity index is 442. The summed E-state index contributed by atoms with van der Waals surface area (Å²) in [6.45, 7) is 1.10. The SMILES string of the molecule is OC1CCN(c2cc(C(F)(F)F)ccc2CCl)CC1. The van der Waals surface area contributed by atoms with Gasteiger partial charge in [-0.05, 0) is 30.5 Å². The highest BCUT2D eigenvalue weighted by Crippen LogP contribution is 2.34. The van der Waals surface area contributed by atoms with Crippen LogP contribution in [0.1, 0.15) is 24.0 Å². The third-order valence-corrected chi connectivity index (χ3v) is 3.65. The van der Waals surface area contributed by atoms with Crippen molar-refractivity contribution < 1.29 is 18.3 Å². The van der Waals surface area contributed by atoms with Crippen molar-refractivity contribution >= 4 is 17.3 Å². The number of nitrogens with zero attached hydrogens (tertiary/aromatic N) is 1. The van der Waals surface area contributed by atoms with Crippen LogP contribution in [0, 0.1) is 0 Å². The van der Waals surface area contributed by atoms with Gasteiger partial charge in [0.2, 0.25) is 0 Å². The Morgan fingerprint density at radius 1 is 1.26 bits per heavy atom. The van der Waals surface area contributed by atoms with Gasteiger partial charge in [0, 0.05) is 24.7 Å². The van der Waals surface area contributed by atoms with Gasteiger partial charge in [-0.15, -0.1) is 11.6 Å². The second-order valence-corrected chi connectivity index (χ2v) is 4.96. The first-order valence-corrected chi connectivity index (χ1v) is 6.64. The number of aliphatic hydroxyl groups is 1. The molecule has 1 aliphatic rings. The zero-order valence-electron chi connectivity index (χ0n) is 10.3. The van der Waals surface area contributed by atoms with Crippen LogP contribution in [-0.2, 0) is 12.1 Å². The van der Waals surface area contributed by atoms with Crippen LogP contribution < -0.4 is 4.90 Å². The molecule has 0 unspecified atom stereocenters. The lowest BCUT2D eigenvalue weighted by Crippen LogP contribution is -2.36. The monoisotopic (exact) mass is 293 g/mol. The van der Waals surface area contributed by atoms with Gasteiger partial charge in [0.25, 0.3) is 0 Å². The van der Waals surface area contributed by atoms with Crippen LogP contribution in [0.2, 0.25) is 0 Å². The molecular formula is C13H15ClF3NO. The van der Waals surface area contributed by atoms with Gasteiger partial charge in [-0.3, -0.25) is 0 Å². The van der Waals surface area contributed by atoms with Gasteiger partial charge < -0.3 is 10.0 Å². The number of piperidine rings is 1. The van der Waals surface area contributed by atoms with E-state index in [0.29, 0.717) is 37.2 Å². The standard InChI is InChI=1S/C13H15ClF3NO/c14-8-9-1-2-10(13(15,16)17)7-12(9)18-5-3-11(19)4-6-18/h1-2,7,11,19H,3-6,8H2. The lowest BCUT2D eigenvalue weighted by atomic mass is 10.0. The maximum absolute atomic E-state index is 12.7. The second kappa shape index (κ2) is 5.59. The first-order chi connectivity index (χ1) is 8.91. The predicted molar refractivity (Wildman–Crippen MR) is 68.5 cm³/mol. The minimum absolute atomic E-state index is 0.173. The van der Waals surface area contributed by atoms with Crippen LogP contribution in [0.5, 0.6) is 0 Å². The van der Waals surface area contributed by atoms with E-state index in [2.05, 4.69) is 0 Å². The third kappa shape index (κ3) is 3.34. The number of hydrogen-bond acceptors (Lipinski definition) is 2. The number of rotatable bonds is 2. The summed E-state index contributed by atoms with van der Waals surface area (Å²) < 4.78 is 38.2. The van der Waals surface area contributed by atoms with Crippen LogP contribution in [0.3, 0.4) is 0 Å². The number of anilines is 1. The molecule has 0 aromatic heterocycles. The summed E-state index contributed by atoms with van der Waals surface area (Å²) in [5.41, 5.74) is 0.547. The Labute approximate surface area is 114 Å². The van der Waals surface area contributed by atoms with Gasteiger partial charge in [-0.2, -0.15) is 13.2 Å². The van der Waals surface area contributed by atoms with E-state index in [0.717, 1.165) is 12.1 Å². The first kappa shape index (κ1) is 14.5. The molecule has 0 spiro atoms. The average Bonchev–Trinajstić information content (AvgIpc) is 2.38. The smallest absolute Gasteiger partial charge is 0.393 e. The molecule has 0 radical (unpaired) electrons. The van der Waals surface area contributed by atoms with Gasteiger partial charge in [-0.1, -0.05) is 6.07 Å². The fourth-order valence-corrected chi connectivity index (χ4v) is 2.48. The Morgan fingerprint density at radius 3 is 2.42 bits per heavy atom. The Hall–Kier alpha value is -0.940. The predicted octanol–water partition coefficient (Wildman–Crippen LogP) is 3.41. The normalized spacial score (nSPS) is 17.8. The highest BCUT2D eigenvalue weighted by molar-refractivity contribution is 6.17. The van der Waals surface area contributed by atoms with E-state index in [1.54, 1.807) is 0 Å². The van der Waals surface area contributed by atoms with Crippen LogP contribution >= 0.6 is 11.6 Å². The molecule has 0 bridgehead atoms. The Morgan fingerprint density at radius 2 is 1.89 bits per heavy atom. The van der Waals surface area contributed by atoms with Crippen molar-refractivity contribution in [1.29, 1.82) is 0 Å². The van der Waals surface area contributed by atoms with E-state index < -0.39 is 11.7 Å². The van der Waals surface area contributed by atoms with Crippen molar-refractivity contribution in [3.05, 3.63) is 29.3 Å². The van der Waals surface area contributed by atoms with Crippen molar-refractivity contribution in [3.63, 3.8) is 0 Å². The number of benzene rings is 1. The second-order valence-electron chi connectivity index (χ2n) is 4.69. The fraction of sp³-hybridized carbons (Fsp3) is 0.538. The summed E-state index contributed by atoms with van der Waals surface area (Å²) in [6, 6.07) is 3.63. The molecule has 19 heavy (non-hydrogen) atoms. The van der Waals surface area contributed by atoms with Crippen LogP contribution in [0.4, 0.5) is 18.9 Å². The van der Waals surface area contributed by atoms with Crippen molar-refractivity contribution in [3.8, 4) is 0 Å². The van der Waals surface area contributed by atoms with Gasteiger partial charge in [0.15, 0.2) is 0 Å². The Kier molecular flexibility index (Phi) is 4.26. The van der Waals surface area contributed by atoms with Crippen LogP contribution in [0.15, 0.2) is 18.2 Å². The number of halogens is 4. The zero-order chi connectivity index (χ0) is 14.0. The molecule has 0 atom stereocenters. The summed E-state index contributed by atoms with van der Waals surface area (Å²) in [6.07, 6.45) is -3.58. The van der Waals surface area contributed by atoms with Gasteiger partial charge in [0.05, 0.1) is 11.7 Å². The average molecular weight is 294 g/mol. The molecule has 1 fully saturated rings. The minimum atomic E-state index is -4.35. The van der Waals surface area contributed by atoms with Crippen LogP contribution in [0.25, 0.3) is 0 Å². The quantitative estimate of drug-likeness (QED) is 0.845. The maximum Gasteiger partial charge on any atom is 0.416 e. The highest BCUT2D eigenvalue weighted by Gasteiger charge is 2.32. The maximum atomic E-state index is 12.7. The lowest BCUT2D eigenvalue weighted by Gasteiger charge is -2.33. The molecule has 0 amide bonds. The summed E-state index contributed by atoms with van der Waals surface area (Å²) in [5, 5.41) is 9.45. The molecule has 1 saturated heterocycles. The van der Waals surface area contributed by atoms with Gasteiger partial charge in [0.1, 0.15) is 0 Å². The molecule has 6 heteroatoms. The minimum Gasteiger partial charge on any atom is -0.393 e.